The molecule has 0 aliphatic heterocycles. The molecule has 14 heavy (non-hydrogen) atoms. The van der Waals surface area contributed by atoms with Crippen LogP contribution < -0.4 is 5.32 Å². The molecule has 0 unspecified atom stereocenters. The van der Waals surface area contributed by atoms with Gasteiger partial charge < -0.3 is 10.4 Å². The van der Waals surface area contributed by atoms with E-state index in [1.165, 1.54) is 18.2 Å². The number of amides is 1. The van der Waals surface area contributed by atoms with Crippen LogP contribution in [0.5, 0.6) is 0 Å². The number of aliphatic hydroxyl groups is 1. The summed E-state index contributed by atoms with van der Waals surface area (Å²) in [5.41, 5.74) is 0.840. The van der Waals surface area contributed by atoms with Crippen molar-refractivity contribution in [3.8, 4) is 0 Å². The summed E-state index contributed by atoms with van der Waals surface area (Å²) in [5, 5.41) is 11.4. The number of benzene rings is 1. The van der Waals surface area contributed by atoms with Crippen LogP contribution in [-0.2, 0) is 11.4 Å². The summed E-state index contributed by atoms with van der Waals surface area (Å²) < 4.78 is 12.8. The van der Waals surface area contributed by atoms with Crippen molar-refractivity contribution in [1.29, 1.82) is 0 Å². The molecule has 1 amide bonds. The first-order chi connectivity index (χ1) is 6.67. The lowest BCUT2D eigenvalue weighted by molar-refractivity contribution is -0.115. The average molecular weight is 197 g/mol. The van der Waals surface area contributed by atoms with E-state index < -0.39 is 5.82 Å². The summed E-state index contributed by atoms with van der Waals surface area (Å²) in [6.07, 6.45) is 0.321. The van der Waals surface area contributed by atoms with Crippen LogP contribution in [0.15, 0.2) is 18.2 Å². The van der Waals surface area contributed by atoms with Gasteiger partial charge in [-0.15, -0.1) is 0 Å². The zero-order valence-corrected chi connectivity index (χ0v) is 7.88. The second kappa shape index (κ2) is 4.72. The van der Waals surface area contributed by atoms with Crippen molar-refractivity contribution < 1.29 is 14.3 Å². The SMILES string of the molecule is CCC(=O)Nc1cc(F)ccc1CO. The largest absolute Gasteiger partial charge is 0.392 e. The quantitative estimate of drug-likeness (QED) is 0.774. The highest BCUT2D eigenvalue weighted by atomic mass is 19.1. The van der Waals surface area contributed by atoms with Crippen LogP contribution in [0, 0.1) is 5.82 Å². The van der Waals surface area contributed by atoms with Crippen LogP contribution in [-0.4, -0.2) is 11.0 Å². The van der Waals surface area contributed by atoms with Crippen molar-refractivity contribution in [3.63, 3.8) is 0 Å². The fourth-order valence-electron chi connectivity index (χ4n) is 1.04. The number of anilines is 1. The molecule has 0 saturated heterocycles. The van der Waals surface area contributed by atoms with Gasteiger partial charge in [0.25, 0.3) is 0 Å². The molecule has 0 aliphatic rings. The minimum Gasteiger partial charge on any atom is -0.392 e. The van der Waals surface area contributed by atoms with E-state index in [0.29, 0.717) is 17.7 Å². The summed E-state index contributed by atoms with van der Waals surface area (Å²) in [7, 11) is 0. The smallest absolute Gasteiger partial charge is 0.224 e. The standard InChI is InChI=1S/C10H12FNO2/c1-2-10(14)12-9-5-8(11)4-3-7(9)6-13/h3-5,13H,2,6H2,1H3,(H,12,14). The zero-order chi connectivity index (χ0) is 10.6. The van der Waals surface area contributed by atoms with Crippen molar-refractivity contribution in [3.05, 3.63) is 29.6 Å². The first-order valence-corrected chi connectivity index (χ1v) is 4.36. The molecule has 4 heteroatoms. The molecule has 2 N–H and O–H groups in total. The van der Waals surface area contributed by atoms with E-state index in [1.807, 2.05) is 0 Å². The fraction of sp³-hybridized carbons (Fsp3) is 0.300. The summed E-state index contributed by atoms with van der Waals surface area (Å²) in [5.74, 6) is -0.640. The minimum absolute atomic E-state index is 0.203. The predicted octanol–water partition coefficient (Wildman–Crippen LogP) is 1.67. The highest BCUT2D eigenvalue weighted by Gasteiger charge is 2.05. The highest BCUT2D eigenvalue weighted by Crippen LogP contribution is 2.17. The van der Waals surface area contributed by atoms with Crippen LogP contribution in [0.3, 0.4) is 0 Å². The van der Waals surface area contributed by atoms with Gasteiger partial charge in [-0.1, -0.05) is 13.0 Å². The topological polar surface area (TPSA) is 49.3 Å². The molecule has 0 saturated carbocycles. The van der Waals surface area contributed by atoms with Gasteiger partial charge in [0.1, 0.15) is 5.82 Å². The Kier molecular flexibility index (Phi) is 3.59. The summed E-state index contributed by atoms with van der Waals surface area (Å²) >= 11 is 0. The van der Waals surface area contributed by atoms with Crippen LogP contribution in [0.1, 0.15) is 18.9 Å². The summed E-state index contributed by atoms with van der Waals surface area (Å²) in [6.45, 7) is 1.48. The van der Waals surface area contributed by atoms with E-state index in [1.54, 1.807) is 6.92 Å². The lowest BCUT2D eigenvalue weighted by Gasteiger charge is -2.08. The number of carbonyl (C=O) groups excluding carboxylic acids is 1. The van der Waals surface area contributed by atoms with Gasteiger partial charge in [0.15, 0.2) is 0 Å². The number of hydrogen-bond donors (Lipinski definition) is 2. The molecule has 76 valence electrons. The Balaban J connectivity index is 2.93. The molecular weight excluding hydrogens is 185 g/mol. The first-order valence-electron chi connectivity index (χ1n) is 4.36. The molecule has 0 aliphatic carbocycles. The van der Waals surface area contributed by atoms with E-state index in [0.717, 1.165) is 0 Å². The van der Waals surface area contributed by atoms with Gasteiger partial charge in [0, 0.05) is 17.7 Å². The predicted molar refractivity (Wildman–Crippen MR) is 51.2 cm³/mol. The van der Waals surface area contributed by atoms with Gasteiger partial charge in [-0.3, -0.25) is 4.79 Å². The molecule has 0 aromatic heterocycles. The Hall–Kier alpha value is -1.42. The van der Waals surface area contributed by atoms with Gasteiger partial charge >= 0.3 is 0 Å². The monoisotopic (exact) mass is 197 g/mol. The lowest BCUT2D eigenvalue weighted by Crippen LogP contribution is -2.11. The van der Waals surface area contributed by atoms with E-state index in [4.69, 9.17) is 5.11 Å². The normalized spacial score (nSPS) is 9.93. The van der Waals surface area contributed by atoms with Crippen LogP contribution in [0.4, 0.5) is 10.1 Å². The first kappa shape index (κ1) is 10.7. The second-order valence-corrected chi connectivity index (χ2v) is 2.86. The van der Waals surface area contributed by atoms with Gasteiger partial charge in [0.05, 0.1) is 6.61 Å². The number of nitrogens with one attached hydrogen (secondary N) is 1. The van der Waals surface area contributed by atoms with E-state index in [2.05, 4.69) is 5.32 Å². The average Bonchev–Trinajstić information content (AvgIpc) is 2.18. The Morgan fingerprint density at radius 2 is 2.29 bits per heavy atom. The van der Waals surface area contributed by atoms with E-state index in [9.17, 15) is 9.18 Å². The third-order valence-electron chi connectivity index (χ3n) is 1.84. The Morgan fingerprint density at radius 3 is 2.86 bits per heavy atom. The maximum absolute atomic E-state index is 12.8. The maximum atomic E-state index is 12.8. The second-order valence-electron chi connectivity index (χ2n) is 2.86. The molecule has 0 radical (unpaired) electrons. The fourth-order valence-corrected chi connectivity index (χ4v) is 1.04. The molecule has 1 aromatic carbocycles. The Bertz CT molecular complexity index is 339. The Morgan fingerprint density at radius 1 is 1.57 bits per heavy atom. The maximum Gasteiger partial charge on any atom is 0.224 e. The highest BCUT2D eigenvalue weighted by molar-refractivity contribution is 5.91. The van der Waals surface area contributed by atoms with Gasteiger partial charge in [0.2, 0.25) is 5.91 Å². The number of aliphatic hydroxyl groups excluding tert-OH is 1. The third kappa shape index (κ3) is 2.53. The van der Waals surface area contributed by atoms with Gasteiger partial charge in [-0.25, -0.2) is 4.39 Å². The molecule has 0 atom stereocenters. The molecule has 1 aromatic rings. The molecule has 1 rings (SSSR count). The molecular formula is C10H12FNO2. The van der Waals surface area contributed by atoms with Crippen LogP contribution >= 0.6 is 0 Å². The molecule has 0 spiro atoms. The van der Waals surface area contributed by atoms with E-state index in [-0.39, 0.29) is 12.5 Å². The minimum atomic E-state index is -0.436. The number of halogens is 1. The van der Waals surface area contributed by atoms with Crippen LogP contribution in [0.25, 0.3) is 0 Å². The molecule has 3 nitrogen and oxygen atoms in total. The Labute approximate surface area is 81.6 Å². The summed E-state index contributed by atoms with van der Waals surface area (Å²) in [6, 6.07) is 3.88. The van der Waals surface area contributed by atoms with Crippen molar-refractivity contribution in [2.24, 2.45) is 0 Å². The summed E-state index contributed by atoms with van der Waals surface area (Å²) in [4.78, 5) is 11.0. The van der Waals surface area contributed by atoms with Crippen molar-refractivity contribution in [2.75, 3.05) is 5.32 Å². The molecule has 0 bridgehead atoms. The van der Waals surface area contributed by atoms with Gasteiger partial charge in [-0.2, -0.15) is 0 Å². The lowest BCUT2D eigenvalue weighted by atomic mass is 10.2. The van der Waals surface area contributed by atoms with E-state index >= 15 is 0 Å². The van der Waals surface area contributed by atoms with Crippen molar-refractivity contribution >= 4 is 11.6 Å². The molecule has 0 fully saturated rings. The van der Waals surface area contributed by atoms with Crippen molar-refractivity contribution in [2.45, 2.75) is 20.0 Å². The zero-order valence-electron chi connectivity index (χ0n) is 7.88. The number of hydrogen-bond acceptors (Lipinski definition) is 2. The number of rotatable bonds is 3. The third-order valence-corrected chi connectivity index (χ3v) is 1.84. The van der Waals surface area contributed by atoms with Crippen LogP contribution in [0.2, 0.25) is 0 Å². The number of carbonyl (C=O) groups is 1. The van der Waals surface area contributed by atoms with Crippen molar-refractivity contribution in [1.82, 2.24) is 0 Å². The molecule has 0 heterocycles. The van der Waals surface area contributed by atoms with Gasteiger partial charge in [-0.05, 0) is 12.1 Å².